The molecule has 1 radical (unpaired) electrons. The summed E-state index contributed by atoms with van der Waals surface area (Å²) >= 11 is 4.05. The van der Waals surface area contributed by atoms with Crippen molar-refractivity contribution < 1.29 is 4.79 Å². The first-order chi connectivity index (χ1) is 4.34. The van der Waals surface area contributed by atoms with Gasteiger partial charge in [0.15, 0.2) is 6.29 Å². The molecule has 0 amide bonds. The average Bonchev–Trinajstić information content (AvgIpc) is 1.89. The van der Waals surface area contributed by atoms with Gasteiger partial charge in [-0.25, -0.2) is 0 Å². The SMILES string of the molecule is O=Cc1ccccc1S.[Na]. The van der Waals surface area contributed by atoms with Crippen LogP contribution in [0.2, 0.25) is 0 Å². The van der Waals surface area contributed by atoms with Crippen LogP contribution in [0.4, 0.5) is 0 Å². The zero-order chi connectivity index (χ0) is 6.69. The monoisotopic (exact) mass is 161 g/mol. The first-order valence-electron chi connectivity index (χ1n) is 2.58. The standard InChI is InChI=1S/C7H6OS.Na/c8-5-6-3-1-2-4-7(6)9;/h1-5,9H;. The van der Waals surface area contributed by atoms with Gasteiger partial charge in [0.1, 0.15) is 0 Å². The van der Waals surface area contributed by atoms with Crippen molar-refractivity contribution in [3.8, 4) is 0 Å². The summed E-state index contributed by atoms with van der Waals surface area (Å²) in [6.45, 7) is 0. The number of aldehydes is 1. The number of carbonyl (C=O) groups excluding carboxylic acids is 1. The van der Waals surface area contributed by atoms with Crippen molar-refractivity contribution in [3.63, 3.8) is 0 Å². The smallest absolute Gasteiger partial charge is 0.151 e. The minimum atomic E-state index is 0. The van der Waals surface area contributed by atoms with E-state index in [1.807, 2.05) is 12.1 Å². The van der Waals surface area contributed by atoms with Gasteiger partial charge in [-0.2, -0.15) is 0 Å². The summed E-state index contributed by atoms with van der Waals surface area (Å²) in [6, 6.07) is 7.17. The molecule has 0 saturated heterocycles. The molecule has 1 nitrogen and oxygen atoms in total. The summed E-state index contributed by atoms with van der Waals surface area (Å²) in [6.07, 6.45) is 0.794. The number of benzene rings is 1. The van der Waals surface area contributed by atoms with Crippen LogP contribution in [0, 0.1) is 0 Å². The molecule has 0 saturated carbocycles. The fourth-order valence-corrected chi connectivity index (χ4v) is 0.800. The molecule has 10 heavy (non-hydrogen) atoms. The quantitative estimate of drug-likeness (QED) is 0.374. The summed E-state index contributed by atoms with van der Waals surface area (Å²) in [4.78, 5) is 10.9. The van der Waals surface area contributed by atoms with E-state index in [0.717, 1.165) is 11.2 Å². The summed E-state index contributed by atoms with van der Waals surface area (Å²) in [7, 11) is 0. The molecule has 0 aliphatic carbocycles. The summed E-state index contributed by atoms with van der Waals surface area (Å²) in [5.41, 5.74) is 0.640. The van der Waals surface area contributed by atoms with E-state index in [1.165, 1.54) is 0 Å². The van der Waals surface area contributed by atoms with Crippen LogP contribution in [0.15, 0.2) is 29.2 Å². The first kappa shape index (κ1) is 10.2. The Kier molecular flexibility index (Phi) is 5.09. The Morgan fingerprint density at radius 1 is 1.30 bits per heavy atom. The van der Waals surface area contributed by atoms with E-state index in [1.54, 1.807) is 12.1 Å². The van der Waals surface area contributed by atoms with Crippen LogP contribution in [0.3, 0.4) is 0 Å². The van der Waals surface area contributed by atoms with Gasteiger partial charge >= 0.3 is 0 Å². The molecule has 0 aliphatic heterocycles. The molecule has 3 heteroatoms. The second-order valence-electron chi connectivity index (χ2n) is 1.68. The van der Waals surface area contributed by atoms with Gasteiger partial charge in [-0.3, -0.25) is 4.79 Å². The molecule has 0 aliphatic rings. The Hall–Kier alpha value is 0.240. The van der Waals surface area contributed by atoms with E-state index in [2.05, 4.69) is 12.6 Å². The third-order valence-corrected chi connectivity index (χ3v) is 1.47. The third kappa shape index (κ3) is 2.46. The molecule has 0 aromatic heterocycles. The van der Waals surface area contributed by atoms with Gasteiger partial charge in [0.05, 0.1) is 0 Å². The average molecular weight is 161 g/mol. The first-order valence-corrected chi connectivity index (χ1v) is 3.02. The molecule has 1 aromatic rings. The van der Waals surface area contributed by atoms with Gasteiger partial charge in [0.2, 0.25) is 0 Å². The van der Waals surface area contributed by atoms with Crippen LogP contribution in [-0.2, 0) is 0 Å². The maximum absolute atomic E-state index is 10.2. The van der Waals surface area contributed by atoms with Crippen LogP contribution in [-0.4, -0.2) is 35.8 Å². The van der Waals surface area contributed by atoms with E-state index in [0.29, 0.717) is 5.56 Å². The maximum atomic E-state index is 10.2. The van der Waals surface area contributed by atoms with Crippen LogP contribution in [0.25, 0.3) is 0 Å². The van der Waals surface area contributed by atoms with E-state index in [-0.39, 0.29) is 29.6 Å². The molecule has 0 atom stereocenters. The number of hydrogen-bond acceptors (Lipinski definition) is 2. The van der Waals surface area contributed by atoms with Crippen LogP contribution in [0.5, 0.6) is 0 Å². The second-order valence-corrected chi connectivity index (χ2v) is 2.16. The second kappa shape index (κ2) is 4.97. The zero-order valence-electron chi connectivity index (χ0n) is 5.74. The normalized spacial score (nSPS) is 8.10. The topological polar surface area (TPSA) is 17.1 Å². The third-order valence-electron chi connectivity index (χ3n) is 1.06. The fourth-order valence-electron chi connectivity index (χ4n) is 0.587. The minimum absolute atomic E-state index is 0. The number of thiol groups is 1. The van der Waals surface area contributed by atoms with Gasteiger partial charge in [0.25, 0.3) is 0 Å². The zero-order valence-corrected chi connectivity index (χ0v) is 8.64. The fraction of sp³-hybridized carbons (Fsp3) is 0. The number of rotatable bonds is 1. The van der Waals surface area contributed by atoms with Crippen molar-refractivity contribution in [2.24, 2.45) is 0 Å². The van der Waals surface area contributed by atoms with Crippen molar-refractivity contribution in [2.75, 3.05) is 0 Å². The molecular weight excluding hydrogens is 155 g/mol. The van der Waals surface area contributed by atoms with E-state index < -0.39 is 0 Å². The van der Waals surface area contributed by atoms with E-state index >= 15 is 0 Å². The molecular formula is C7H6NaOS. The number of hydrogen-bond donors (Lipinski definition) is 1. The summed E-state index contributed by atoms with van der Waals surface area (Å²) < 4.78 is 0. The van der Waals surface area contributed by atoms with Crippen molar-refractivity contribution in [2.45, 2.75) is 4.90 Å². The molecule has 1 rings (SSSR count). The largest absolute Gasteiger partial charge is 0.298 e. The Bertz CT molecular complexity index is 225. The minimum Gasteiger partial charge on any atom is -0.298 e. The predicted molar refractivity (Wildman–Crippen MR) is 44.8 cm³/mol. The summed E-state index contributed by atoms with van der Waals surface area (Å²) in [5, 5.41) is 0. The van der Waals surface area contributed by atoms with Crippen LogP contribution >= 0.6 is 12.6 Å². The molecule has 0 unspecified atom stereocenters. The molecule has 0 fully saturated rings. The van der Waals surface area contributed by atoms with Gasteiger partial charge in [0, 0.05) is 40.0 Å². The van der Waals surface area contributed by atoms with Gasteiger partial charge in [-0.15, -0.1) is 12.6 Å². The van der Waals surface area contributed by atoms with Gasteiger partial charge < -0.3 is 0 Å². The van der Waals surface area contributed by atoms with Crippen LogP contribution in [0.1, 0.15) is 10.4 Å². The molecule has 47 valence electrons. The Balaban J connectivity index is 0.000000810. The molecule has 0 spiro atoms. The van der Waals surface area contributed by atoms with Crippen molar-refractivity contribution >= 4 is 48.5 Å². The van der Waals surface area contributed by atoms with Gasteiger partial charge in [-0.1, -0.05) is 18.2 Å². The van der Waals surface area contributed by atoms with E-state index in [4.69, 9.17) is 0 Å². The Labute approximate surface area is 87.5 Å². The predicted octanol–water partition coefficient (Wildman–Crippen LogP) is 1.41. The van der Waals surface area contributed by atoms with Crippen molar-refractivity contribution in [3.05, 3.63) is 29.8 Å². The Morgan fingerprint density at radius 2 is 1.90 bits per heavy atom. The van der Waals surface area contributed by atoms with Crippen molar-refractivity contribution in [1.82, 2.24) is 0 Å². The molecule has 1 aromatic carbocycles. The molecule has 0 N–H and O–H groups in total. The maximum Gasteiger partial charge on any atom is 0.151 e. The van der Waals surface area contributed by atoms with Crippen molar-refractivity contribution in [1.29, 1.82) is 0 Å². The van der Waals surface area contributed by atoms with Gasteiger partial charge in [-0.05, 0) is 6.07 Å². The molecule has 0 heterocycles. The summed E-state index contributed by atoms with van der Waals surface area (Å²) in [5.74, 6) is 0. The molecule has 0 bridgehead atoms. The Morgan fingerprint density at radius 3 is 2.30 bits per heavy atom. The van der Waals surface area contributed by atoms with Crippen LogP contribution < -0.4 is 0 Å². The van der Waals surface area contributed by atoms with E-state index in [9.17, 15) is 4.79 Å². The number of carbonyl (C=O) groups is 1.